The molecule has 0 aliphatic heterocycles. The molecule has 0 heterocycles. The molecular formula is C15H22ClN. The number of rotatable bonds is 3. The van der Waals surface area contributed by atoms with Crippen LogP contribution in [0.3, 0.4) is 0 Å². The van der Waals surface area contributed by atoms with Crippen molar-refractivity contribution in [3.8, 4) is 0 Å². The van der Waals surface area contributed by atoms with Crippen molar-refractivity contribution in [3.05, 3.63) is 34.3 Å². The van der Waals surface area contributed by atoms with Crippen molar-refractivity contribution < 1.29 is 0 Å². The Morgan fingerprint density at radius 2 is 2.12 bits per heavy atom. The summed E-state index contributed by atoms with van der Waals surface area (Å²) in [7, 11) is 2.06. The van der Waals surface area contributed by atoms with Gasteiger partial charge in [-0.05, 0) is 49.4 Å². The summed E-state index contributed by atoms with van der Waals surface area (Å²) >= 11 is 6.23. The van der Waals surface area contributed by atoms with E-state index < -0.39 is 0 Å². The molecule has 1 aliphatic rings. The second kappa shape index (κ2) is 5.41. The van der Waals surface area contributed by atoms with Gasteiger partial charge in [0.05, 0.1) is 0 Å². The van der Waals surface area contributed by atoms with Gasteiger partial charge in [-0.2, -0.15) is 0 Å². The third kappa shape index (κ3) is 2.66. The molecule has 0 amide bonds. The van der Waals surface area contributed by atoms with E-state index in [0.29, 0.717) is 6.04 Å². The van der Waals surface area contributed by atoms with Gasteiger partial charge >= 0.3 is 0 Å². The normalized spacial score (nSPS) is 26.1. The van der Waals surface area contributed by atoms with Gasteiger partial charge in [0.2, 0.25) is 0 Å². The lowest BCUT2D eigenvalue weighted by atomic mass is 9.86. The number of aryl methyl sites for hydroxylation is 1. The minimum Gasteiger partial charge on any atom is -0.313 e. The molecule has 0 spiro atoms. The van der Waals surface area contributed by atoms with Gasteiger partial charge in [0.15, 0.2) is 0 Å². The zero-order chi connectivity index (χ0) is 12.4. The Labute approximate surface area is 110 Å². The molecule has 1 fully saturated rings. The summed E-state index contributed by atoms with van der Waals surface area (Å²) in [6.07, 6.45) is 4.06. The SMILES string of the molecule is CNC(c1ccc(C)c(Cl)c1)C1CCCC1C. The first-order chi connectivity index (χ1) is 8.13. The van der Waals surface area contributed by atoms with Gasteiger partial charge in [0.1, 0.15) is 0 Å². The van der Waals surface area contributed by atoms with Crippen LogP contribution in [-0.2, 0) is 0 Å². The Morgan fingerprint density at radius 3 is 2.65 bits per heavy atom. The van der Waals surface area contributed by atoms with E-state index in [1.165, 1.54) is 24.8 Å². The van der Waals surface area contributed by atoms with Crippen LogP contribution in [0.4, 0.5) is 0 Å². The first kappa shape index (κ1) is 12.9. The van der Waals surface area contributed by atoms with Gasteiger partial charge in [0, 0.05) is 11.1 Å². The molecule has 1 nitrogen and oxygen atoms in total. The second-order valence-corrected chi connectivity index (χ2v) is 5.75. The highest BCUT2D eigenvalue weighted by atomic mass is 35.5. The standard InChI is InChI=1S/C15H22ClN/c1-10-5-4-6-13(10)15(17-3)12-8-7-11(2)14(16)9-12/h7-10,13,15,17H,4-6H2,1-3H3. The smallest absolute Gasteiger partial charge is 0.0438 e. The van der Waals surface area contributed by atoms with E-state index in [-0.39, 0.29) is 0 Å². The van der Waals surface area contributed by atoms with Crippen LogP contribution in [-0.4, -0.2) is 7.05 Å². The van der Waals surface area contributed by atoms with Crippen LogP contribution in [0.2, 0.25) is 5.02 Å². The van der Waals surface area contributed by atoms with Crippen molar-refractivity contribution in [2.45, 2.75) is 39.2 Å². The topological polar surface area (TPSA) is 12.0 Å². The van der Waals surface area contributed by atoms with Crippen LogP contribution in [0.15, 0.2) is 18.2 Å². The van der Waals surface area contributed by atoms with E-state index >= 15 is 0 Å². The molecule has 0 bridgehead atoms. The monoisotopic (exact) mass is 251 g/mol. The van der Waals surface area contributed by atoms with E-state index in [1.54, 1.807) is 0 Å². The molecule has 0 aromatic heterocycles. The van der Waals surface area contributed by atoms with Crippen molar-refractivity contribution >= 4 is 11.6 Å². The molecule has 1 aromatic rings. The third-order valence-electron chi connectivity index (χ3n) is 4.22. The highest BCUT2D eigenvalue weighted by molar-refractivity contribution is 6.31. The number of hydrogen-bond acceptors (Lipinski definition) is 1. The molecule has 17 heavy (non-hydrogen) atoms. The summed E-state index contributed by atoms with van der Waals surface area (Å²) in [6, 6.07) is 6.92. The molecule has 94 valence electrons. The molecule has 1 saturated carbocycles. The largest absolute Gasteiger partial charge is 0.313 e. The Kier molecular flexibility index (Phi) is 4.11. The third-order valence-corrected chi connectivity index (χ3v) is 4.63. The molecule has 0 saturated heterocycles. The van der Waals surface area contributed by atoms with Crippen LogP contribution < -0.4 is 5.32 Å². The summed E-state index contributed by atoms with van der Waals surface area (Å²) in [5.74, 6) is 1.56. The average molecular weight is 252 g/mol. The van der Waals surface area contributed by atoms with Gasteiger partial charge in [-0.1, -0.05) is 43.5 Å². The molecular weight excluding hydrogens is 230 g/mol. The molecule has 1 N–H and O–H groups in total. The fourth-order valence-corrected chi connectivity index (χ4v) is 3.29. The summed E-state index contributed by atoms with van der Waals surface area (Å²) < 4.78 is 0. The van der Waals surface area contributed by atoms with Gasteiger partial charge in [0.25, 0.3) is 0 Å². The highest BCUT2D eigenvalue weighted by Gasteiger charge is 2.30. The average Bonchev–Trinajstić information content (AvgIpc) is 2.71. The minimum atomic E-state index is 0.450. The molecule has 3 atom stereocenters. The van der Waals surface area contributed by atoms with Crippen LogP contribution in [0, 0.1) is 18.8 Å². The van der Waals surface area contributed by atoms with E-state index in [4.69, 9.17) is 11.6 Å². The van der Waals surface area contributed by atoms with Crippen molar-refractivity contribution in [1.29, 1.82) is 0 Å². The summed E-state index contributed by atoms with van der Waals surface area (Å²) in [5.41, 5.74) is 2.49. The Hall–Kier alpha value is -0.530. The molecule has 1 aliphatic carbocycles. The van der Waals surface area contributed by atoms with E-state index in [1.807, 2.05) is 0 Å². The van der Waals surface area contributed by atoms with Crippen molar-refractivity contribution in [1.82, 2.24) is 5.32 Å². The van der Waals surface area contributed by atoms with E-state index in [9.17, 15) is 0 Å². The summed E-state index contributed by atoms with van der Waals surface area (Å²) in [5, 5.41) is 4.36. The Balaban J connectivity index is 2.25. The molecule has 0 radical (unpaired) electrons. The van der Waals surface area contributed by atoms with Crippen molar-refractivity contribution in [2.24, 2.45) is 11.8 Å². The maximum atomic E-state index is 6.23. The first-order valence-electron chi connectivity index (χ1n) is 6.56. The number of benzene rings is 1. The quantitative estimate of drug-likeness (QED) is 0.843. The van der Waals surface area contributed by atoms with Gasteiger partial charge in [-0.3, -0.25) is 0 Å². The lowest BCUT2D eigenvalue weighted by Gasteiger charge is -2.27. The summed E-state index contributed by atoms with van der Waals surface area (Å²) in [4.78, 5) is 0. The highest BCUT2D eigenvalue weighted by Crippen LogP contribution is 2.40. The van der Waals surface area contributed by atoms with Crippen LogP contribution in [0.1, 0.15) is 43.4 Å². The Morgan fingerprint density at radius 1 is 1.35 bits per heavy atom. The zero-order valence-corrected chi connectivity index (χ0v) is 11.7. The molecule has 2 heteroatoms. The van der Waals surface area contributed by atoms with Crippen LogP contribution in [0.5, 0.6) is 0 Å². The van der Waals surface area contributed by atoms with Gasteiger partial charge in [-0.25, -0.2) is 0 Å². The van der Waals surface area contributed by atoms with E-state index in [2.05, 4.69) is 44.4 Å². The van der Waals surface area contributed by atoms with Gasteiger partial charge < -0.3 is 5.32 Å². The zero-order valence-electron chi connectivity index (χ0n) is 11.0. The predicted octanol–water partition coefficient (Wildman–Crippen LogP) is 4.35. The number of halogens is 1. The minimum absolute atomic E-state index is 0.450. The van der Waals surface area contributed by atoms with Crippen LogP contribution >= 0.6 is 11.6 Å². The number of hydrogen-bond donors (Lipinski definition) is 1. The molecule has 3 unspecified atom stereocenters. The fourth-order valence-electron chi connectivity index (χ4n) is 3.10. The van der Waals surface area contributed by atoms with Crippen LogP contribution in [0.25, 0.3) is 0 Å². The van der Waals surface area contributed by atoms with Gasteiger partial charge in [-0.15, -0.1) is 0 Å². The molecule has 1 aromatic carbocycles. The van der Waals surface area contributed by atoms with Crippen molar-refractivity contribution in [2.75, 3.05) is 7.05 Å². The lowest BCUT2D eigenvalue weighted by Crippen LogP contribution is -2.26. The van der Waals surface area contributed by atoms with E-state index in [0.717, 1.165) is 22.4 Å². The maximum Gasteiger partial charge on any atom is 0.0438 e. The fraction of sp³-hybridized carbons (Fsp3) is 0.600. The predicted molar refractivity (Wildman–Crippen MR) is 74.5 cm³/mol. The molecule has 2 rings (SSSR count). The second-order valence-electron chi connectivity index (χ2n) is 5.35. The maximum absolute atomic E-state index is 6.23. The summed E-state index contributed by atoms with van der Waals surface area (Å²) in [6.45, 7) is 4.43. The lowest BCUT2D eigenvalue weighted by molar-refractivity contribution is 0.315. The number of nitrogens with one attached hydrogen (secondary N) is 1. The Bertz CT molecular complexity index is 389. The first-order valence-corrected chi connectivity index (χ1v) is 6.94. The van der Waals surface area contributed by atoms with Crippen molar-refractivity contribution in [3.63, 3.8) is 0 Å².